The fraction of sp³-hybridized carbons (Fsp3) is 0.353. The second kappa shape index (κ2) is 9.15. The van der Waals surface area contributed by atoms with Gasteiger partial charge in [0.2, 0.25) is 5.88 Å². The van der Waals surface area contributed by atoms with Crippen LogP contribution in [0.1, 0.15) is 26.7 Å². The first-order valence-electron chi connectivity index (χ1n) is 7.73. The molecule has 0 saturated carbocycles. The molecule has 0 aliphatic rings. The number of unbranched alkanes of at least 4 members (excludes halogenated alkanes) is 1. The van der Waals surface area contributed by atoms with Crippen LogP contribution >= 0.6 is 11.8 Å². The molecule has 0 radical (unpaired) electrons. The number of carbonyl (C=O) groups excluding carboxylic acids is 1. The van der Waals surface area contributed by atoms with Crippen LogP contribution in [-0.4, -0.2) is 27.4 Å². The summed E-state index contributed by atoms with van der Waals surface area (Å²) in [5, 5.41) is 4.67. The van der Waals surface area contributed by atoms with Crippen molar-refractivity contribution in [1.82, 2.24) is 9.78 Å². The summed E-state index contributed by atoms with van der Waals surface area (Å²) in [7, 11) is 0. The smallest absolute Gasteiger partial charge is 0.305 e. The van der Waals surface area contributed by atoms with Crippen molar-refractivity contribution in [3.63, 3.8) is 0 Å². The van der Waals surface area contributed by atoms with E-state index in [0.717, 1.165) is 18.5 Å². The van der Waals surface area contributed by atoms with Gasteiger partial charge in [0.25, 0.3) is 0 Å². The number of aromatic nitrogens is 2. The average molecular weight is 331 g/mol. The lowest BCUT2D eigenvalue weighted by Crippen LogP contribution is -2.15. The molecule has 0 N–H and O–H groups in total. The maximum Gasteiger partial charge on any atom is 0.305 e. The largest absolute Gasteiger partial charge is 0.478 e. The molecule has 0 spiro atoms. The molecule has 0 aliphatic carbocycles. The van der Waals surface area contributed by atoms with E-state index in [2.05, 4.69) is 17.0 Å². The molecule has 122 valence electrons. The molecule has 0 bridgehead atoms. The van der Waals surface area contributed by atoms with Gasteiger partial charge in [0.15, 0.2) is 0 Å². The molecule has 0 fully saturated rings. The highest BCUT2D eigenvalue weighted by atomic mass is 32.2. The van der Waals surface area contributed by atoms with Crippen LogP contribution in [0.15, 0.2) is 47.6 Å². The molecule has 6 heteroatoms. The molecule has 1 aromatic carbocycles. The minimum absolute atomic E-state index is 0.216. The van der Waals surface area contributed by atoms with Crippen LogP contribution in [0.25, 0.3) is 5.69 Å². The van der Waals surface area contributed by atoms with E-state index in [1.807, 2.05) is 37.3 Å². The number of rotatable bonds is 6. The Kier molecular flexibility index (Phi) is 6.87. The normalized spacial score (nSPS) is 11.5. The monoisotopic (exact) mass is 331 g/mol. The molecule has 23 heavy (non-hydrogen) atoms. The third-order valence-electron chi connectivity index (χ3n) is 3.02. The predicted molar refractivity (Wildman–Crippen MR) is 93.1 cm³/mol. The van der Waals surface area contributed by atoms with Crippen molar-refractivity contribution < 1.29 is 9.53 Å². The SMILES string of the molecule is CCCCOc1cc(=NC(=O)SCC)cnn1-c1ccccc1. The van der Waals surface area contributed by atoms with Crippen molar-refractivity contribution in [3.8, 4) is 11.6 Å². The summed E-state index contributed by atoms with van der Waals surface area (Å²) in [5.74, 6) is 1.28. The van der Waals surface area contributed by atoms with E-state index in [1.165, 1.54) is 11.8 Å². The second-order valence-electron chi connectivity index (χ2n) is 4.81. The van der Waals surface area contributed by atoms with E-state index in [1.54, 1.807) is 16.9 Å². The number of para-hydroxylation sites is 1. The second-order valence-corrected chi connectivity index (χ2v) is 6.03. The number of hydrogen-bond donors (Lipinski definition) is 0. The highest BCUT2D eigenvalue weighted by Gasteiger charge is 2.06. The van der Waals surface area contributed by atoms with E-state index >= 15 is 0 Å². The van der Waals surface area contributed by atoms with Gasteiger partial charge < -0.3 is 4.74 Å². The molecule has 0 saturated heterocycles. The van der Waals surface area contributed by atoms with E-state index in [-0.39, 0.29) is 5.24 Å². The van der Waals surface area contributed by atoms with Gasteiger partial charge in [-0.25, -0.2) is 9.67 Å². The van der Waals surface area contributed by atoms with Gasteiger partial charge in [0.05, 0.1) is 23.8 Å². The molecule has 0 atom stereocenters. The molecule has 1 amide bonds. The Morgan fingerprint density at radius 1 is 1.30 bits per heavy atom. The number of ether oxygens (including phenoxy) is 1. The summed E-state index contributed by atoms with van der Waals surface area (Å²) in [6.45, 7) is 4.63. The van der Waals surface area contributed by atoms with E-state index < -0.39 is 0 Å². The number of nitrogens with zero attached hydrogens (tertiary/aromatic N) is 3. The standard InChI is InChI=1S/C17H21N3O2S/c1-3-5-11-22-16-12-14(19-17(21)23-4-2)13-18-20(16)15-9-7-6-8-10-15/h6-10,12-13H,3-5,11H2,1-2H3. The van der Waals surface area contributed by atoms with Gasteiger partial charge in [-0.15, -0.1) is 0 Å². The Morgan fingerprint density at radius 2 is 2.09 bits per heavy atom. The van der Waals surface area contributed by atoms with E-state index in [9.17, 15) is 4.79 Å². The van der Waals surface area contributed by atoms with Gasteiger partial charge >= 0.3 is 5.24 Å². The molecular weight excluding hydrogens is 310 g/mol. The zero-order valence-electron chi connectivity index (χ0n) is 13.4. The fourth-order valence-electron chi connectivity index (χ4n) is 1.91. The fourth-order valence-corrected chi connectivity index (χ4v) is 2.32. The Hall–Kier alpha value is -2.08. The van der Waals surface area contributed by atoms with Crippen LogP contribution in [0.2, 0.25) is 0 Å². The first-order valence-corrected chi connectivity index (χ1v) is 8.72. The number of amides is 1. The molecule has 1 heterocycles. The van der Waals surface area contributed by atoms with Crippen molar-refractivity contribution in [2.24, 2.45) is 4.99 Å². The summed E-state index contributed by atoms with van der Waals surface area (Å²) in [6, 6.07) is 11.5. The quantitative estimate of drug-likeness (QED) is 0.755. The van der Waals surface area contributed by atoms with Crippen LogP contribution in [0.4, 0.5) is 4.79 Å². The average Bonchev–Trinajstić information content (AvgIpc) is 2.56. The summed E-state index contributed by atoms with van der Waals surface area (Å²) < 4.78 is 7.55. The lowest BCUT2D eigenvalue weighted by Gasteiger charge is -2.12. The Labute approximate surface area is 140 Å². The lowest BCUT2D eigenvalue weighted by molar-refractivity contribution is 0.267. The minimum Gasteiger partial charge on any atom is -0.478 e. The molecule has 5 nitrogen and oxygen atoms in total. The van der Waals surface area contributed by atoms with Crippen molar-refractivity contribution in [2.45, 2.75) is 26.7 Å². The van der Waals surface area contributed by atoms with Crippen molar-refractivity contribution in [2.75, 3.05) is 12.4 Å². The van der Waals surface area contributed by atoms with Gasteiger partial charge in [0.1, 0.15) is 0 Å². The minimum atomic E-state index is -0.216. The Balaban J connectivity index is 2.36. The highest BCUT2D eigenvalue weighted by molar-refractivity contribution is 8.13. The third-order valence-corrected chi connectivity index (χ3v) is 3.65. The van der Waals surface area contributed by atoms with Gasteiger partial charge in [-0.2, -0.15) is 5.10 Å². The molecule has 2 rings (SSSR count). The van der Waals surface area contributed by atoms with Crippen LogP contribution in [0, 0.1) is 0 Å². The number of carbonyl (C=O) groups is 1. The summed E-state index contributed by atoms with van der Waals surface area (Å²) >= 11 is 1.17. The van der Waals surface area contributed by atoms with Crippen LogP contribution in [-0.2, 0) is 0 Å². The number of hydrogen-bond acceptors (Lipinski definition) is 4. The van der Waals surface area contributed by atoms with Crippen LogP contribution in [0.3, 0.4) is 0 Å². The van der Waals surface area contributed by atoms with E-state index in [4.69, 9.17) is 4.74 Å². The van der Waals surface area contributed by atoms with Crippen molar-refractivity contribution in [3.05, 3.63) is 48.0 Å². The first-order chi connectivity index (χ1) is 11.2. The predicted octanol–water partition coefficient (Wildman–Crippen LogP) is 3.83. The van der Waals surface area contributed by atoms with E-state index in [0.29, 0.717) is 23.6 Å². The Bertz CT molecular complexity index is 698. The van der Waals surface area contributed by atoms with Crippen molar-refractivity contribution in [1.29, 1.82) is 0 Å². The van der Waals surface area contributed by atoms with Crippen LogP contribution < -0.4 is 10.1 Å². The lowest BCUT2D eigenvalue weighted by atomic mass is 10.3. The molecule has 0 unspecified atom stereocenters. The zero-order chi connectivity index (χ0) is 16.5. The number of thioether (sulfide) groups is 1. The topological polar surface area (TPSA) is 56.5 Å². The summed E-state index contributed by atoms with van der Waals surface area (Å²) in [6.07, 6.45) is 3.59. The Morgan fingerprint density at radius 3 is 2.78 bits per heavy atom. The third kappa shape index (κ3) is 5.25. The van der Waals surface area contributed by atoms with Gasteiger partial charge in [0, 0.05) is 6.07 Å². The van der Waals surface area contributed by atoms with Gasteiger partial charge in [-0.3, -0.25) is 4.79 Å². The van der Waals surface area contributed by atoms with Crippen LogP contribution in [0.5, 0.6) is 5.88 Å². The van der Waals surface area contributed by atoms with Gasteiger partial charge in [-0.1, -0.05) is 50.2 Å². The maximum atomic E-state index is 11.7. The number of benzene rings is 1. The maximum absolute atomic E-state index is 11.7. The summed E-state index contributed by atoms with van der Waals surface area (Å²) in [5.41, 5.74) is 0.903. The molecular formula is C17H21N3O2S. The van der Waals surface area contributed by atoms with Gasteiger partial charge in [-0.05, 0) is 24.3 Å². The van der Waals surface area contributed by atoms with Crippen molar-refractivity contribution >= 4 is 17.0 Å². The molecule has 1 aromatic heterocycles. The summed E-state index contributed by atoms with van der Waals surface area (Å²) in [4.78, 5) is 15.7. The zero-order valence-corrected chi connectivity index (χ0v) is 14.3. The highest BCUT2D eigenvalue weighted by Crippen LogP contribution is 2.14. The molecule has 2 aromatic rings. The first kappa shape index (κ1) is 17.3. The molecule has 0 aliphatic heterocycles.